The summed E-state index contributed by atoms with van der Waals surface area (Å²) < 4.78 is 21.2. The molecule has 0 unspecified atom stereocenters. The Kier molecular flexibility index (Phi) is 6.54. The van der Waals surface area contributed by atoms with Crippen molar-refractivity contribution in [2.45, 2.75) is 64.5 Å². The highest BCUT2D eigenvalue weighted by Crippen LogP contribution is 2.33. The number of nitrogens with one attached hydrogen (secondary N) is 1. The van der Waals surface area contributed by atoms with Gasteiger partial charge >= 0.3 is 5.97 Å². The highest BCUT2D eigenvalue weighted by Gasteiger charge is 2.29. The number of amides is 1. The summed E-state index contributed by atoms with van der Waals surface area (Å²) in [6, 6.07) is 14.7. The van der Waals surface area contributed by atoms with Crippen LogP contribution in [0.1, 0.15) is 50.4 Å². The van der Waals surface area contributed by atoms with Gasteiger partial charge in [-0.1, -0.05) is 44.2 Å². The SMILES string of the molecule is CCOC(=O)Cn1c2c(c3cc(F)ccc31)C[C@@H](NC(=O)CC(C)(C)c1ccccc1)CC2. The Morgan fingerprint density at radius 2 is 1.94 bits per heavy atom. The molecule has 1 aliphatic rings. The first-order chi connectivity index (χ1) is 15.8. The van der Waals surface area contributed by atoms with Gasteiger partial charge in [0.1, 0.15) is 12.4 Å². The molecule has 1 N–H and O–H groups in total. The molecule has 1 heterocycles. The van der Waals surface area contributed by atoms with E-state index in [0.29, 0.717) is 25.9 Å². The van der Waals surface area contributed by atoms with E-state index < -0.39 is 0 Å². The van der Waals surface area contributed by atoms with E-state index in [4.69, 9.17) is 4.74 Å². The second-order valence-corrected chi connectivity index (χ2v) is 9.41. The molecule has 0 aliphatic heterocycles. The van der Waals surface area contributed by atoms with E-state index in [1.54, 1.807) is 13.0 Å². The van der Waals surface area contributed by atoms with Crippen LogP contribution in [0.4, 0.5) is 4.39 Å². The Morgan fingerprint density at radius 3 is 2.67 bits per heavy atom. The summed E-state index contributed by atoms with van der Waals surface area (Å²) in [5.41, 5.74) is 3.71. The molecular weight excluding hydrogens is 419 g/mol. The molecule has 2 aromatic carbocycles. The minimum atomic E-state index is -0.311. The molecule has 6 heteroatoms. The van der Waals surface area contributed by atoms with Crippen LogP contribution in [-0.2, 0) is 39.1 Å². The molecule has 174 valence electrons. The molecule has 0 spiro atoms. The lowest BCUT2D eigenvalue weighted by Crippen LogP contribution is -2.41. The standard InChI is InChI=1S/C27H31FN2O3/c1-4-33-26(32)17-30-23-12-10-19(28)14-21(23)22-15-20(11-13-24(22)30)29-25(31)16-27(2,3)18-8-6-5-7-9-18/h5-10,12,14,20H,4,11,13,15-17H2,1-3H3,(H,29,31)/t20-/m0/s1. The summed E-state index contributed by atoms with van der Waals surface area (Å²) >= 11 is 0. The third-order valence-electron chi connectivity index (χ3n) is 6.54. The number of fused-ring (bicyclic) bond motifs is 3. The number of carbonyl (C=O) groups is 2. The van der Waals surface area contributed by atoms with Gasteiger partial charge < -0.3 is 14.6 Å². The molecule has 3 aromatic rings. The van der Waals surface area contributed by atoms with E-state index in [2.05, 4.69) is 19.2 Å². The second-order valence-electron chi connectivity index (χ2n) is 9.41. The first kappa shape index (κ1) is 23.0. The average molecular weight is 451 g/mol. The van der Waals surface area contributed by atoms with Crippen molar-refractivity contribution < 1.29 is 18.7 Å². The fraction of sp³-hybridized carbons (Fsp3) is 0.407. The Balaban J connectivity index is 1.53. The third-order valence-corrected chi connectivity index (χ3v) is 6.54. The van der Waals surface area contributed by atoms with Crippen molar-refractivity contribution in [1.82, 2.24) is 9.88 Å². The summed E-state index contributed by atoms with van der Waals surface area (Å²) in [7, 11) is 0. The number of nitrogens with zero attached hydrogens (tertiary/aromatic N) is 1. The number of carbonyl (C=O) groups excluding carboxylic acids is 2. The van der Waals surface area contributed by atoms with Gasteiger partial charge in [0.2, 0.25) is 5.91 Å². The summed E-state index contributed by atoms with van der Waals surface area (Å²) in [5.74, 6) is -0.604. The maximum atomic E-state index is 14.1. The molecule has 0 saturated heterocycles. The van der Waals surface area contributed by atoms with Crippen molar-refractivity contribution in [2.24, 2.45) is 0 Å². The molecule has 1 atom stereocenters. The predicted octanol–water partition coefficient (Wildman–Crippen LogP) is 4.68. The van der Waals surface area contributed by atoms with Crippen LogP contribution in [0.2, 0.25) is 0 Å². The lowest BCUT2D eigenvalue weighted by molar-refractivity contribution is -0.143. The monoisotopic (exact) mass is 450 g/mol. The van der Waals surface area contributed by atoms with Gasteiger partial charge in [0, 0.05) is 29.1 Å². The predicted molar refractivity (Wildman–Crippen MR) is 127 cm³/mol. The van der Waals surface area contributed by atoms with Crippen molar-refractivity contribution >= 4 is 22.8 Å². The maximum Gasteiger partial charge on any atom is 0.325 e. The number of halogens is 1. The van der Waals surface area contributed by atoms with Gasteiger partial charge in [-0.25, -0.2) is 4.39 Å². The van der Waals surface area contributed by atoms with Gasteiger partial charge in [0.05, 0.1) is 6.61 Å². The van der Waals surface area contributed by atoms with Crippen molar-refractivity contribution in [2.75, 3.05) is 6.61 Å². The largest absolute Gasteiger partial charge is 0.465 e. The van der Waals surface area contributed by atoms with Crippen molar-refractivity contribution in [3.63, 3.8) is 0 Å². The Labute approximate surface area is 193 Å². The topological polar surface area (TPSA) is 60.3 Å². The summed E-state index contributed by atoms with van der Waals surface area (Å²) in [6.45, 7) is 6.36. The molecule has 0 fully saturated rings. The first-order valence-electron chi connectivity index (χ1n) is 11.6. The number of hydrogen-bond donors (Lipinski definition) is 1. The molecular formula is C27H31FN2O3. The average Bonchev–Trinajstić information content (AvgIpc) is 3.06. The number of ether oxygens (including phenoxy) is 1. The van der Waals surface area contributed by atoms with Crippen LogP contribution in [0.3, 0.4) is 0 Å². The lowest BCUT2D eigenvalue weighted by atomic mass is 9.81. The summed E-state index contributed by atoms with van der Waals surface area (Å²) in [5, 5.41) is 4.01. The number of rotatable bonds is 7. The minimum absolute atomic E-state index is 0.0127. The van der Waals surface area contributed by atoms with Gasteiger partial charge in [-0.15, -0.1) is 0 Å². The van der Waals surface area contributed by atoms with Crippen molar-refractivity contribution in [1.29, 1.82) is 0 Å². The Bertz CT molecular complexity index is 1170. The highest BCUT2D eigenvalue weighted by molar-refractivity contribution is 5.87. The van der Waals surface area contributed by atoms with E-state index in [1.165, 1.54) is 12.1 Å². The van der Waals surface area contributed by atoms with E-state index in [1.807, 2.05) is 34.9 Å². The van der Waals surface area contributed by atoms with Crippen molar-refractivity contribution in [3.05, 3.63) is 71.2 Å². The van der Waals surface area contributed by atoms with Crippen LogP contribution in [0.25, 0.3) is 10.9 Å². The molecule has 33 heavy (non-hydrogen) atoms. The summed E-state index contributed by atoms with van der Waals surface area (Å²) in [4.78, 5) is 25.1. The van der Waals surface area contributed by atoms with Crippen LogP contribution < -0.4 is 5.32 Å². The fourth-order valence-electron chi connectivity index (χ4n) is 4.93. The molecule has 5 nitrogen and oxygen atoms in total. The van der Waals surface area contributed by atoms with Gasteiger partial charge in [0.15, 0.2) is 0 Å². The van der Waals surface area contributed by atoms with Gasteiger partial charge in [-0.05, 0) is 60.9 Å². The van der Waals surface area contributed by atoms with E-state index in [0.717, 1.165) is 34.1 Å². The fourth-order valence-corrected chi connectivity index (χ4v) is 4.93. The molecule has 0 bridgehead atoms. The smallest absolute Gasteiger partial charge is 0.325 e. The zero-order valence-corrected chi connectivity index (χ0v) is 19.5. The quantitative estimate of drug-likeness (QED) is 0.532. The number of hydrogen-bond acceptors (Lipinski definition) is 3. The van der Waals surface area contributed by atoms with Gasteiger partial charge in [-0.3, -0.25) is 9.59 Å². The molecule has 1 aromatic heterocycles. The molecule has 1 amide bonds. The zero-order valence-electron chi connectivity index (χ0n) is 19.5. The third kappa shape index (κ3) is 4.95. The zero-order chi connectivity index (χ0) is 23.6. The van der Waals surface area contributed by atoms with E-state index in [-0.39, 0.29) is 35.7 Å². The maximum absolute atomic E-state index is 14.1. The van der Waals surface area contributed by atoms with Gasteiger partial charge in [0.25, 0.3) is 0 Å². The van der Waals surface area contributed by atoms with Crippen LogP contribution in [0.15, 0.2) is 48.5 Å². The second kappa shape index (κ2) is 9.38. The number of aromatic nitrogens is 1. The molecule has 1 aliphatic carbocycles. The van der Waals surface area contributed by atoms with Crippen LogP contribution in [-0.4, -0.2) is 29.1 Å². The van der Waals surface area contributed by atoms with Crippen LogP contribution >= 0.6 is 0 Å². The normalized spacial score (nSPS) is 15.8. The molecule has 4 rings (SSSR count). The Morgan fingerprint density at radius 1 is 1.18 bits per heavy atom. The van der Waals surface area contributed by atoms with Crippen LogP contribution in [0.5, 0.6) is 0 Å². The van der Waals surface area contributed by atoms with Gasteiger partial charge in [-0.2, -0.15) is 0 Å². The summed E-state index contributed by atoms with van der Waals surface area (Å²) in [6.07, 6.45) is 2.48. The van der Waals surface area contributed by atoms with Crippen LogP contribution in [0, 0.1) is 5.82 Å². The molecule has 0 saturated carbocycles. The number of esters is 1. The Hall–Kier alpha value is -3.15. The minimum Gasteiger partial charge on any atom is -0.465 e. The van der Waals surface area contributed by atoms with Crippen molar-refractivity contribution in [3.8, 4) is 0 Å². The first-order valence-corrected chi connectivity index (χ1v) is 11.6. The molecule has 0 radical (unpaired) electrons. The number of benzene rings is 2. The lowest BCUT2D eigenvalue weighted by Gasteiger charge is -2.28. The highest BCUT2D eigenvalue weighted by atomic mass is 19.1. The van der Waals surface area contributed by atoms with E-state index in [9.17, 15) is 14.0 Å². The van der Waals surface area contributed by atoms with E-state index >= 15 is 0 Å².